The Morgan fingerprint density at radius 2 is 2.14 bits per heavy atom. The third-order valence-electron chi connectivity index (χ3n) is 3.30. The lowest BCUT2D eigenvalue weighted by atomic mass is 10.1. The van der Waals surface area contributed by atoms with Gasteiger partial charge in [0.25, 0.3) is 0 Å². The van der Waals surface area contributed by atoms with Crippen LogP contribution in [0.4, 0.5) is 5.95 Å². The average Bonchev–Trinajstić information content (AvgIpc) is 2.91. The number of aryl methyl sites for hydroxylation is 1. The van der Waals surface area contributed by atoms with E-state index in [0.717, 1.165) is 31.6 Å². The van der Waals surface area contributed by atoms with E-state index in [1.54, 1.807) is 6.07 Å². The molecule has 112 valence electrons. The van der Waals surface area contributed by atoms with Crippen molar-refractivity contribution in [1.82, 2.24) is 20.1 Å². The zero-order valence-electron chi connectivity index (χ0n) is 11.8. The monoisotopic (exact) mass is 291 g/mol. The minimum absolute atomic E-state index is 0.0988. The molecule has 8 heteroatoms. The van der Waals surface area contributed by atoms with Gasteiger partial charge in [0.1, 0.15) is 0 Å². The highest BCUT2D eigenvalue weighted by Gasteiger charge is 2.15. The molecule has 0 radical (unpaired) electrons. The van der Waals surface area contributed by atoms with E-state index in [1.807, 2.05) is 6.92 Å². The first-order chi connectivity index (χ1) is 10.2. The van der Waals surface area contributed by atoms with Crippen LogP contribution in [-0.2, 0) is 6.61 Å². The first kappa shape index (κ1) is 13.6. The van der Waals surface area contributed by atoms with E-state index in [4.69, 9.17) is 4.74 Å². The van der Waals surface area contributed by atoms with Crippen molar-refractivity contribution in [2.75, 3.05) is 18.0 Å². The third-order valence-corrected chi connectivity index (χ3v) is 3.30. The number of hydrogen-bond donors (Lipinski definition) is 1. The minimum Gasteiger partial charge on any atom is -0.469 e. The second-order valence-corrected chi connectivity index (χ2v) is 5.03. The van der Waals surface area contributed by atoms with E-state index in [-0.39, 0.29) is 6.61 Å². The second kappa shape index (κ2) is 5.94. The molecule has 1 saturated heterocycles. The minimum atomic E-state index is -0.596. The molecule has 1 fully saturated rings. The van der Waals surface area contributed by atoms with Crippen molar-refractivity contribution in [3.63, 3.8) is 0 Å². The Bertz CT molecular complexity index is 660. The van der Waals surface area contributed by atoms with Crippen molar-refractivity contribution in [3.8, 4) is 5.88 Å². The van der Waals surface area contributed by atoms with Crippen LogP contribution in [-0.4, -0.2) is 33.2 Å². The number of nitrogens with one attached hydrogen (secondary N) is 1. The van der Waals surface area contributed by atoms with Gasteiger partial charge in [-0.1, -0.05) is 5.16 Å². The van der Waals surface area contributed by atoms with Crippen LogP contribution in [0.25, 0.3) is 0 Å². The van der Waals surface area contributed by atoms with Crippen molar-refractivity contribution < 1.29 is 9.26 Å². The maximum absolute atomic E-state index is 10.8. The van der Waals surface area contributed by atoms with Gasteiger partial charge in [-0.2, -0.15) is 4.98 Å². The van der Waals surface area contributed by atoms with Gasteiger partial charge in [0.05, 0.1) is 0 Å². The molecule has 0 unspecified atom stereocenters. The summed E-state index contributed by atoms with van der Waals surface area (Å²) in [6, 6.07) is 1.76. The number of ether oxygens (including phenoxy) is 1. The lowest BCUT2D eigenvalue weighted by Crippen LogP contribution is -2.31. The largest absolute Gasteiger partial charge is 0.469 e. The van der Waals surface area contributed by atoms with E-state index in [1.165, 1.54) is 6.42 Å². The molecule has 1 N–H and O–H groups in total. The van der Waals surface area contributed by atoms with Gasteiger partial charge in [-0.3, -0.25) is 9.51 Å². The molecular formula is C13H17N5O3. The number of piperidine rings is 1. The SMILES string of the molecule is Cc1cc(OCc2noc(=O)[nH]2)nc(N2CCCCC2)n1. The summed E-state index contributed by atoms with van der Waals surface area (Å²) < 4.78 is 9.96. The number of aromatic nitrogens is 4. The molecule has 21 heavy (non-hydrogen) atoms. The summed E-state index contributed by atoms with van der Waals surface area (Å²) in [4.78, 5) is 24.3. The van der Waals surface area contributed by atoms with E-state index >= 15 is 0 Å². The summed E-state index contributed by atoms with van der Waals surface area (Å²) in [6.45, 7) is 3.95. The zero-order chi connectivity index (χ0) is 14.7. The van der Waals surface area contributed by atoms with Gasteiger partial charge in [0, 0.05) is 24.8 Å². The summed E-state index contributed by atoms with van der Waals surface area (Å²) in [7, 11) is 0. The molecule has 0 spiro atoms. The van der Waals surface area contributed by atoms with Crippen molar-refractivity contribution >= 4 is 5.95 Å². The number of nitrogens with zero attached hydrogens (tertiary/aromatic N) is 4. The molecule has 0 amide bonds. The smallest absolute Gasteiger partial charge is 0.439 e. The molecule has 0 aliphatic carbocycles. The van der Waals surface area contributed by atoms with Gasteiger partial charge in [0.2, 0.25) is 11.8 Å². The molecule has 2 aromatic heterocycles. The highest BCUT2D eigenvalue weighted by molar-refractivity contribution is 5.34. The molecule has 1 aliphatic heterocycles. The first-order valence-corrected chi connectivity index (χ1v) is 6.99. The maximum atomic E-state index is 10.8. The fourth-order valence-corrected chi connectivity index (χ4v) is 2.30. The normalized spacial score (nSPS) is 15.2. The number of aromatic amines is 1. The molecule has 2 aromatic rings. The van der Waals surface area contributed by atoms with Gasteiger partial charge < -0.3 is 9.64 Å². The Labute approximate surface area is 121 Å². The van der Waals surface area contributed by atoms with Crippen molar-refractivity contribution in [1.29, 1.82) is 0 Å². The molecule has 1 aliphatic rings. The van der Waals surface area contributed by atoms with Gasteiger partial charge in [0.15, 0.2) is 12.4 Å². The fourth-order valence-electron chi connectivity index (χ4n) is 2.30. The standard InChI is InChI=1S/C13H17N5O3/c1-9-7-11(20-8-10-15-13(19)21-17-10)16-12(14-9)18-5-3-2-4-6-18/h7H,2-6,8H2,1H3,(H,15,17,19). The van der Waals surface area contributed by atoms with Crippen molar-refractivity contribution in [3.05, 3.63) is 28.1 Å². The molecule has 0 aromatic carbocycles. The summed E-state index contributed by atoms with van der Waals surface area (Å²) >= 11 is 0. The van der Waals surface area contributed by atoms with Crippen LogP contribution in [0.1, 0.15) is 30.8 Å². The predicted molar refractivity (Wildman–Crippen MR) is 74.3 cm³/mol. The Balaban J connectivity index is 1.72. The first-order valence-electron chi connectivity index (χ1n) is 6.99. The van der Waals surface area contributed by atoms with Crippen LogP contribution >= 0.6 is 0 Å². The summed E-state index contributed by atoms with van der Waals surface area (Å²) in [5.74, 6) is 0.891. The summed E-state index contributed by atoms with van der Waals surface area (Å²) in [6.07, 6.45) is 3.58. The number of H-pyrrole nitrogens is 1. The van der Waals surface area contributed by atoms with Crippen LogP contribution in [0.5, 0.6) is 5.88 Å². The van der Waals surface area contributed by atoms with Crippen molar-refractivity contribution in [2.24, 2.45) is 0 Å². The van der Waals surface area contributed by atoms with Crippen LogP contribution in [0.3, 0.4) is 0 Å². The van der Waals surface area contributed by atoms with E-state index in [0.29, 0.717) is 17.7 Å². The molecule has 0 bridgehead atoms. The summed E-state index contributed by atoms with van der Waals surface area (Å²) in [5, 5.41) is 3.54. The lowest BCUT2D eigenvalue weighted by Gasteiger charge is -2.26. The van der Waals surface area contributed by atoms with E-state index in [2.05, 4.69) is 29.5 Å². The predicted octanol–water partition coefficient (Wildman–Crippen LogP) is 1.03. The molecule has 3 heterocycles. The van der Waals surface area contributed by atoms with Crippen molar-refractivity contribution in [2.45, 2.75) is 32.8 Å². The van der Waals surface area contributed by atoms with Gasteiger partial charge in [-0.05, 0) is 26.2 Å². The van der Waals surface area contributed by atoms with Gasteiger partial charge in [-0.15, -0.1) is 0 Å². The van der Waals surface area contributed by atoms with Crippen LogP contribution in [0.2, 0.25) is 0 Å². The number of anilines is 1. The van der Waals surface area contributed by atoms with E-state index < -0.39 is 5.76 Å². The van der Waals surface area contributed by atoms with Gasteiger partial charge >= 0.3 is 5.76 Å². The second-order valence-electron chi connectivity index (χ2n) is 5.03. The highest BCUT2D eigenvalue weighted by atomic mass is 16.5. The van der Waals surface area contributed by atoms with Crippen LogP contribution in [0, 0.1) is 6.92 Å². The maximum Gasteiger partial charge on any atom is 0.439 e. The molecule has 3 rings (SSSR count). The fraction of sp³-hybridized carbons (Fsp3) is 0.538. The van der Waals surface area contributed by atoms with Gasteiger partial charge in [-0.25, -0.2) is 9.78 Å². The Hall–Kier alpha value is -2.38. The third kappa shape index (κ3) is 3.39. The Morgan fingerprint density at radius 1 is 1.33 bits per heavy atom. The molecular weight excluding hydrogens is 274 g/mol. The number of hydrogen-bond acceptors (Lipinski definition) is 7. The number of rotatable bonds is 4. The topological polar surface area (TPSA) is 97.1 Å². The lowest BCUT2D eigenvalue weighted by molar-refractivity contribution is 0.274. The zero-order valence-corrected chi connectivity index (χ0v) is 11.8. The van der Waals surface area contributed by atoms with Crippen LogP contribution in [0.15, 0.2) is 15.4 Å². The van der Waals surface area contributed by atoms with E-state index in [9.17, 15) is 4.79 Å². The average molecular weight is 291 g/mol. The quantitative estimate of drug-likeness (QED) is 0.898. The van der Waals surface area contributed by atoms with Crippen LogP contribution < -0.4 is 15.4 Å². The Morgan fingerprint density at radius 3 is 2.86 bits per heavy atom. The molecule has 8 nitrogen and oxygen atoms in total. The molecule has 0 atom stereocenters. The molecule has 0 saturated carbocycles. The summed E-state index contributed by atoms with van der Waals surface area (Å²) in [5.41, 5.74) is 0.842. The Kier molecular flexibility index (Phi) is 3.85. The highest BCUT2D eigenvalue weighted by Crippen LogP contribution is 2.19.